The molecule has 0 aromatic carbocycles. The number of aliphatic hydroxyl groups is 1. The molecule has 2 heterocycles. The molecule has 110 valence electrons. The number of likely N-dealkylation sites (tertiary alicyclic amines) is 2. The lowest BCUT2D eigenvalue weighted by Gasteiger charge is -2.33. The number of aliphatic hydroxyl groups excluding tert-OH is 1. The number of hydrogen-bond donors (Lipinski definition) is 1. The highest BCUT2D eigenvalue weighted by Crippen LogP contribution is 2.23. The number of nitrogens with zero attached hydrogens (tertiary/aromatic N) is 2. The molecular formula is C15H28N2O2. The Kier molecular flexibility index (Phi) is 5.22. The summed E-state index contributed by atoms with van der Waals surface area (Å²) in [5.74, 6) is 1.48. The third kappa shape index (κ3) is 3.93. The molecule has 1 N–H and O–H groups in total. The molecule has 0 bridgehead atoms. The van der Waals surface area contributed by atoms with Gasteiger partial charge >= 0.3 is 0 Å². The molecule has 4 nitrogen and oxygen atoms in total. The van der Waals surface area contributed by atoms with Crippen LogP contribution >= 0.6 is 0 Å². The molecule has 0 aromatic rings. The van der Waals surface area contributed by atoms with Crippen LogP contribution in [0.5, 0.6) is 0 Å². The van der Waals surface area contributed by atoms with Gasteiger partial charge in [-0.05, 0) is 37.6 Å². The molecule has 0 aromatic heterocycles. The second kappa shape index (κ2) is 6.71. The van der Waals surface area contributed by atoms with Crippen LogP contribution in [0.4, 0.5) is 0 Å². The van der Waals surface area contributed by atoms with Crippen molar-refractivity contribution in [3.8, 4) is 0 Å². The van der Waals surface area contributed by atoms with Crippen LogP contribution in [0.1, 0.15) is 33.1 Å². The van der Waals surface area contributed by atoms with Gasteiger partial charge in [0.25, 0.3) is 0 Å². The first kappa shape index (κ1) is 14.8. The van der Waals surface area contributed by atoms with E-state index < -0.39 is 0 Å². The zero-order valence-electron chi connectivity index (χ0n) is 12.3. The van der Waals surface area contributed by atoms with E-state index in [0.717, 1.165) is 52.0 Å². The first-order valence-electron chi connectivity index (χ1n) is 7.72. The summed E-state index contributed by atoms with van der Waals surface area (Å²) in [6.45, 7) is 9.41. The van der Waals surface area contributed by atoms with E-state index in [-0.39, 0.29) is 12.5 Å². The van der Waals surface area contributed by atoms with E-state index in [9.17, 15) is 9.90 Å². The molecule has 0 aliphatic carbocycles. The van der Waals surface area contributed by atoms with Gasteiger partial charge in [0.2, 0.25) is 5.91 Å². The zero-order chi connectivity index (χ0) is 13.8. The summed E-state index contributed by atoms with van der Waals surface area (Å²) < 4.78 is 0. The number of carbonyl (C=O) groups excluding carboxylic acids is 1. The minimum atomic E-state index is 0.191. The summed E-state index contributed by atoms with van der Waals surface area (Å²) in [5.41, 5.74) is 0. The van der Waals surface area contributed by atoms with Gasteiger partial charge in [-0.25, -0.2) is 0 Å². The summed E-state index contributed by atoms with van der Waals surface area (Å²) in [7, 11) is 0. The van der Waals surface area contributed by atoms with Gasteiger partial charge < -0.3 is 14.9 Å². The van der Waals surface area contributed by atoms with Crippen LogP contribution in [0.2, 0.25) is 0 Å². The second-order valence-electron chi connectivity index (χ2n) is 6.61. The van der Waals surface area contributed by atoms with Crippen molar-refractivity contribution in [2.75, 3.05) is 39.3 Å². The molecule has 2 atom stereocenters. The lowest BCUT2D eigenvalue weighted by Crippen LogP contribution is -2.44. The van der Waals surface area contributed by atoms with Crippen molar-refractivity contribution in [3.05, 3.63) is 0 Å². The monoisotopic (exact) mass is 268 g/mol. The molecule has 0 spiro atoms. The van der Waals surface area contributed by atoms with E-state index in [2.05, 4.69) is 18.7 Å². The Morgan fingerprint density at radius 2 is 2.05 bits per heavy atom. The highest BCUT2D eigenvalue weighted by molar-refractivity contribution is 5.79. The standard InChI is InChI=1S/C15H28N2O2/c1-12(2)8-16-7-5-14(10-16)15(19)17-6-3-4-13(9-17)11-18/h12-14,18H,3-11H2,1-2H3. The summed E-state index contributed by atoms with van der Waals surface area (Å²) in [5, 5.41) is 9.25. The Balaban J connectivity index is 1.83. The maximum Gasteiger partial charge on any atom is 0.227 e. The highest BCUT2D eigenvalue weighted by atomic mass is 16.3. The quantitative estimate of drug-likeness (QED) is 0.833. The molecule has 0 radical (unpaired) electrons. The Labute approximate surface area is 116 Å². The van der Waals surface area contributed by atoms with E-state index in [1.807, 2.05) is 4.90 Å². The van der Waals surface area contributed by atoms with Gasteiger partial charge in [0.15, 0.2) is 0 Å². The number of amides is 1. The lowest BCUT2D eigenvalue weighted by molar-refractivity contribution is -0.137. The van der Waals surface area contributed by atoms with E-state index >= 15 is 0 Å². The topological polar surface area (TPSA) is 43.8 Å². The van der Waals surface area contributed by atoms with Gasteiger partial charge in [-0.3, -0.25) is 4.79 Å². The predicted molar refractivity (Wildman–Crippen MR) is 75.8 cm³/mol. The summed E-state index contributed by atoms with van der Waals surface area (Å²) in [6.07, 6.45) is 3.11. The van der Waals surface area contributed by atoms with Crippen LogP contribution in [0.15, 0.2) is 0 Å². The summed E-state index contributed by atoms with van der Waals surface area (Å²) >= 11 is 0. The van der Waals surface area contributed by atoms with Gasteiger partial charge in [0.1, 0.15) is 0 Å². The van der Waals surface area contributed by atoms with E-state index in [4.69, 9.17) is 0 Å². The largest absolute Gasteiger partial charge is 0.396 e. The molecule has 2 saturated heterocycles. The fourth-order valence-corrected chi connectivity index (χ4v) is 3.39. The fraction of sp³-hybridized carbons (Fsp3) is 0.933. The molecule has 1 amide bonds. The molecule has 2 unspecified atom stereocenters. The maximum absolute atomic E-state index is 12.5. The van der Waals surface area contributed by atoms with E-state index in [1.165, 1.54) is 0 Å². The van der Waals surface area contributed by atoms with Crippen LogP contribution in [0.3, 0.4) is 0 Å². The minimum absolute atomic E-state index is 0.191. The summed E-state index contributed by atoms with van der Waals surface area (Å²) in [6, 6.07) is 0. The Morgan fingerprint density at radius 1 is 1.26 bits per heavy atom. The van der Waals surface area contributed by atoms with E-state index in [1.54, 1.807) is 0 Å². The fourth-order valence-electron chi connectivity index (χ4n) is 3.39. The third-order valence-electron chi connectivity index (χ3n) is 4.33. The molecule has 0 saturated carbocycles. The molecule has 4 heteroatoms. The highest BCUT2D eigenvalue weighted by Gasteiger charge is 2.33. The smallest absolute Gasteiger partial charge is 0.227 e. The lowest BCUT2D eigenvalue weighted by atomic mass is 9.97. The van der Waals surface area contributed by atoms with Crippen LogP contribution in [-0.2, 0) is 4.79 Å². The van der Waals surface area contributed by atoms with Crippen molar-refractivity contribution in [3.63, 3.8) is 0 Å². The second-order valence-corrected chi connectivity index (χ2v) is 6.61. The van der Waals surface area contributed by atoms with Crippen molar-refractivity contribution in [1.29, 1.82) is 0 Å². The van der Waals surface area contributed by atoms with Crippen LogP contribution in [-0.4, -0.2) is 60.1 Å². The van der Waals surface area contributed by atoms with Crippen molar-refractivity contribution >= 4 is 5.91 Å². The Bertz CT molecular complexity index is 307. The number of hydrogen-bond acceptors (Lipinski definition) is 3. The first-order valence-corrected chi connectivity index (χ1v) is 7.72. The van der Waals surface area contributed by atoms with Gasteiger partial charge in [-0.1, -0.05) is 13.8 Å². The molecular weight excluding hydrogens is 240 g/mol. The van der Waals surface area contributed by atoms with Gasteiger partial charge in [0, 0.05) is 32.8 Å². The number of rotatable bonds is 4. The van der Waals surface area contributed by atoms with E-state index in [0.29, 0.717) is 17.7 Å². The van der Waals surface area contributed by atoms with Gasteiger partial charge in [0.05, 0.1) is 5.92 Å². The normalized spacial score (nSPS) is 29.2. The molecule has 2 rings (SSSR count). The zero-order valence-corrected chi connectivity index (χ0v) is 12.3. The summed E-state index contributed by atoms with van der Waals surface area (Å²) in [4.78, 5) is 16.9. The minimum Gasteiger partial charge on any atom is -0.396 e. The number of piperidine rings is 1. The third-order valence-corrected chi connectivity index (χ3v) is 4.33. The Morgan fingerprint density at radius 3 is 2.74 bits per heavy atom. The number of carbonyl (C=O) groups is 1. The van der Waals surface area contributed by atoms with Crippen LogP contribution in [0.25, 0.3) is 0 Å². The molecule has 2 aliphatic heterocycles. The van der Waals surface area contributed by atoms with Crippen LogP contribution in [0, 0.1) is 17.8 Å². The average Bonchev–Trinajstić information content (AvgIpc) is 2.85. The van der Waals surface area contributed by atoms with Crippen molar-refractivity contribution < 1.29 is 9.90 Å². The van der Waals surface area contributed by atoms with Crippen molar-refractivity contribution in [2.45, 2.75) is 33.1 Å². The van der Waals surface area contributed by atoms with Gasteiger partial charge in [-0.15, -0.1) is 0 Å². The predicted octanol–water partition coefficient (Wildman–Crippen LogP) is 1.20. The molecule has 2 aliphatic rings. The van der Waals surface area contributed by atoms with Crippen molar-refractivity contribution in [2.24, 2.45) is 17.8 Å². The molecule has 2 fully saturated rings. The SMILES string of the molecule is CC(C)CN1CCC(C(=O)N2CCCC(CO)C2)C1. The average molecular weight is 268 g/mol. The first-order chi connectivity index (χ1) is 9.10. The molecule has 19 heavy (non-hydrogen) atoms. The Hall–Kier alpha value is -0.610. The van der Waals surface area contributed by atoms with Gasteiger partial charge in [-0.2, -0.15) is 0 Å². The van der Waals surface area contributed by atoms with Crippen LogP contribution < -0.4 is 0 Å². The maximum atomic E-state index is 12.5. The van der Waals surface area contributed by atoms with Crippen molar-refractivity contribution in [1.82, 2.24) is 9.80 Å².